The highest BCUT2D eigenvalue weighted by atomic mass is 32.2. The van der Waals surface area contributed by atoms with Crippen molar-refractivity contribution >= 4 is 9.84 Å². The molecule has 0 aliphatic carbocycles. The molecule has 0 radical (unpaired) electrons. The zero-order valence-electron chi connectivity index (χ0n) is 8.22. The van der Waals surface area contributed by atoms with Crippen molar-refractivity contribution in [2.75, 3.05) is 18.6 Å². The van der Waals surface area contributed by atoms with E-state index in [1.165, 1.54) is 0 Å². The normalized spacial score (nSPS) is 16.9. The molecular weight excluding hydrogens is 193 g/mol. The summed E-state index contributed by atoms with van der Waals surface area (Å²) in [6.45, 7) is 1.68. The molecule has 0 aromatic heterocycles. The molecule has 0 rings (SSSR count). The first-order valence-corrected chi connectivity index (χ1v) is 6.46. The fourth-order valence-electron chi connectivity index (χ4n) is 1.07. The second-order valence-electron chi connectivity index (χ2n) is 3.44. The molecule has 0 aliphatic heterocycles. The van der Waals surface area contributed by atoms with Gasteiger partial charge in [0.2, 0.25) is 0 Å². The summed E-state index contributed by atoms with van der Waals surface area (Å²) < 4.78 is 35.0. The van der Waals surface area contributed by atoms with Crippen LogP contribution in [-0.4, -0.2) is 32.6 Å². The second-order valence-corrected chi connectivity index (χ2v) is 5.70. The summed E-state index contributed by atoms with van der Waals surface area (Å²) in [5, 5.41) is 0. The summed E-state index contributed by atoms with van der Waals surface area (Å²) in [5.74, 6) is 0.0403. The number of alkyl halides is 1. The lowest BCUT2D eigenvalue weighted by molar-refractivity contribution is 0.153. The van der Waals surface area contributed by atoms with Crippen LogP contribution in [-0.2, 0) is 9.84 Å². The number of sulfone groups is 1. The molecule has 5 heteroatoms. The van der Waals surface area contributed by atoms with E-state index in [1.54, 1.807) is 6.92 Å². The summed E-state index contributed by atoms with van der Waals surface area (Å²) in [6.07, 6.45) is 2.07. The Morgan fingerprint density at radius 3 is 2.31 bits per heavy atom. The number of hydrogen-bond acceptors (Lipinski definition) is 3. The van der Waals surface area contributed by atoms with Crippen LogP contribution in [0.25, 0.3) is 0 Å². The molecule has 13 heavy (non-hydrogen) atoms. The number of nitrogens with two attached hydrogens (primary N) is 1. The maximum absolute atomic E-state index is 13.5. The molecule has 80 valence electrons. The maximum atomic E-state index is 13.5. The SMILES string of the molecule is CCC(F)(CN)CCCS(C)(=O)=O. The highest BCUT2D eigenvalue weighted by Crippen LogP contribution is 2.21. The zero-order chi connectivity index (χ0) is 10.5. The van der Waals surface area contributed by atoms with Crippen LogP contribution in [0.5, 0.6) is 0 Å². The minimum Gasteiger partial charge on any atom is -0.328 e. The first-order chi connectivity index (χ1) is 5.83. The van der Waals surface area contributed by atoms with Gasteiger partial charge in [-0.1, -0.05) is 6.92 Å². The van der Waals surface area contributed by atoms with Crippen LogP contribution in [0.3, 0.4) is 0 Å². The second kappa shape index (κ2) is 4.91. The average Bonchev–Trinajstić information content (AvgIpc) is 2.02. The third kappa shape index (κ3) is 5.99. The number of halogens is 1. The smallest absolute Gasteiger partial charge is 0.147 e. The molecule has 0 heterocycles. The largest absolute Gasteiger partial charge is 0.328 e. The monoisotopic (exact) mass is 211 g/mol. The lowest BCUT2D eigenvalue weighted by atomic mass is 9.97. The van der Waals surface area contributed by atoms with Gasteiger partial charge in [0.1, 0.15) is 15.5 Å². The molecule has 0 spiro atoms. The highest BCUT2D eigenvalue weighted by Gasteiger charge is 2.25. The first-order valence-electron chi connectivity index (χ1n) is 4.40. The quantitative estimate of drug-likeness (QED) is 0.709. The Labute approximate surface area is 79.4 Å². The van der Waals surface area contributed by atoms with Crippen LogP contribution < -0.4 is 5.73 Å². The molecule has 0 bridgehead atoms. The number of rotatable bonds is 6. The van der Waals surface area contributed by atoms with Crippen LogP contribution in [0.15, 0.2) is 0 Å². The van der Waals surface area contributed by atoms with Gasteiger partial charge in [-0.15, -0.1) is 0 Å². The van der Waals surface area contributed by atoms with E-state index in [2.05, 4.69) is 0 Å². The van der Waals surface area contributed by atoms with Crippen LogP contribution in [0, 0.1) is 0 Å². The lowest BCUT2D eigenvalue weighted by Gasteiger charge is -2.21. The van der Waals surface area contributed by atoms with E-state index in [-0.39, 0.29) is 18.7 Å². The van der Waals surface area contributed by atoms with Gasteiger partial charge in [-0.25, -0.2) is 12.8 Å². The average molecular weight is 211 g/mol. The van der Waals surface area contributed by atoms with Gasteiger partial charge < -0.3 is 5.73 Å². The Morgan fingerprint density at radius 1 is 1.46 bits per heavy atom. The molecule has 3 nitrogen and oxygen atoms in total. The van der Waals surface area contributed by atoms with Gasteiger partial charge >= 0.3 is 0 Å². The summed E-state index contributed by atoms with van der Waals surface area (Å²) >= 11 is 0. The van der Waals surface area contributed by atoms with Crippen LogP contribution >= 0.6 is 0 Å². The molecule has 0 fully saturated rings. The molecular formula is C8H18FNO2S. The van der Waals surface area contributed by atoms with E-state index in [4.69, 9.17) is 5.73 Å². The van der Waals surface area contributed by atoms with Gasteiger partial charge in [0.05, 0.1) is 0 Å². The summed E-state index contributed by atoms with van der Waals surface area (Å²) in [4.78, 5) is 0. The molecule has 2 N–H and O–H groups in total. The minimum absolute atomic E-state index is 0.0345. The molecule has 1 unspecified atom stereocenters. The van der Waals surface area contributed by atoms with E-state index in [9.17, 15) is 12.8 Å². The first kappa shape index (κ1) is 12.8. The Balaban J connectivity index is 3.88. The van der Waals surface area contributed by atoms with Crippen molar-refractivity contribution in [1.29, 1.82) is 0 Å². The third-order valence-electron chi connectivity index (χ3n) is 2.14. The number of hydrogen-bond donors (Lipinski definition) is 1. The fourth-order valence-corrected chi connectivity index (χ4v) is 1.74. The molecule has 0 aliphatic rings. The predicted octanol–water partition coefficient (Wildman–Crippen LogP) is 0.888. The lowest BCUT2D eigenvalue weighted by Crippen LogP contribution is -2.32. The molecule has 0 saturated heterocycles. The minimum atomic E-state index is -2.97. The van der Waals surface area contributed by atoms with Crippen molar-refractivity contribution in [1.82, 2.24) is 0 Å². The Bertz CT molecular complexity index is 235. The van der Waals surface area contributed by atoms with Crippen LogP contribution in [0.2, 0.25) is 0 Å². The maximum Gasteiger partial charge on any atom is 0.147 e. The van der Waals surface area contributed by atoms with Gasteiger partial charge in [0, 0.05) is 18.6 Å². The van der Waals surface area contributed by atoms with E-state index in [0.29, 0.717) is 12.8 Å². The highest BCUT2D eigenvalue weighted by molar-refractivity contribution is 7.90. The Morgan fingerprint density at radius 2 is 2.00 bits per heavy atom. The van der Waals surface area contributed by atoms with Crippen molar-refractivity contribution in [3.63, 3.8) is 0 Å². The molecule has 0 saturated carbocycles. The molecule has 0 amide bonds. The predicted molar refractivity (Wildman–Crippen MR) is 52.1 cm³/mol. The van der Waals surface area contributed by atoms with Gasteiger partial charge in [-0.2, -0.15) is 0 Å². The third-order valence-corrected chi connectivity index (χ3v) is 3.17. The van der Waals surface area contributed by atoms with Crippen molar-refractivity contribution in [2.24, 2.45) is 5.73 Å². The summed E-state index contributed by atoms with van der Waals surface area (Å²) in [5.41, 5.74) is 3.86. The van der Waals surface area contributed by atoms with Gasteiger partial charge in [0.25, 0.3) is 0 Å². The van der Waals surface area contributed by atoms with Crippen molar-refractivity contribution in [3.05, 3.63) is 0 Å². The summed E-state index contributed by atoms with van der Waals surface area (Å²) in [6, 6.07) is 0. The van der Waals surface area contributed by atoms with E-state index < -0.39 is 15.5 Å². The standard InChI is InChI=1S/C8H18FNO2S/c1-3-8(9,7-10)5-4-6-13(2,11)12/h3-7,10H2,1-2H3. The van der Waals surface area contributed by atoms with Gasteiger partial charge in [-0.05, 0) is 19.3 Å². The van der Waals surface area contributed by atoms with E-state index >= 15 is 0 Å². The van der Waals surface area contributed by atoms with Gasteiger partial charge in [0.15, 0.2) is 0 Å². The van der Waals surface area contributed by atoms with Crippen molar-refractivity contribution < 1.29 is 12.8 Å². The fraction of sp³-hybridized carbons (Fsp3) is 1.00. The molecule has 0 aromatic carbocycles. The topological polar surface area (TPSA) is 60.2 Å². The Hall–Kier alpha value is -0.160. The zero-order valence-corrected chi connectivity index (χ0v) is 9.03. The van der Waals surface area contributed by atoms with Crippen LogP contribution in [0.1, 0.15) is 26.2 Å². The molecule has 1 atom stereocenters. The summed E-state index contributed by atoms with van der Waals surface area (Å²) in [7, 11) is -2.97. The Kier molecular flexibility index (Phi) is 4.85. The van der Waals surface area contributed by atoms with Gasteiger partial charge in [-0.3, -0.25) is 0 Å². The molecule has 0 aromatic rings. The van der Waals surface area contributed by atoms with Crippen molar-refractivity contribution in [2.45, 2.75) is 31.9 Å². The van der Waals surface area contributed by atoms with E-state index in [0.717, 1.165) is 6.26 Å². The van der Waals surface area contributed by atoms with E-state index in [1.807, 2.05) is 0 Å². The van der Waals surface area contributed by atoms with Crippen LogP contribution in [0.4, 0.5) is 4.39 Å². The van der Waals surface area contributed by atoms with Crippen molar-refractivity contribution in [3.8, 4) is 0 Å².